The maximum absolute atomic E-state index is 10.3. The summed E-state index contributed by atoms with van der Waals surface area (Å²) in [4.78, 5) is 0. The second kappa shape index (κ2) is 6.92. The van der Waals surface area contributed by atoms with Gasteiger partial charge in [-0.3, -0.25) is 0 Å². The molecular weight excluding hydrogens is 126 g/mol. The third kappa shape index (κ3) is 3.97. The van der Waals surface area contributed by atoms with Crippen molar-refractivity contribution in [3.8, 4) is 0 Å². The van der Waals surface area contributed by atoms with Gasteiger partial charge in [0.05, 0.1) is 0 Å². The van der Waals surface area contributed by atoms with Crippen molar-refractivity contribution in [1.29, 1.82) is 0 Å². The molecule has 0 aromatic heterocycles. The van der Waals surface area contributed by atoms with E-state index in [-0.39, 0.29) is 44.3 Å². The van der Waals surface area contributed by atoms with Crippen LogP contribution in [0.4, 0.5) is 0 Å². The molecule has 0 unspecified atom stereocenters. The summed E-state index contributed by atoms with van der Waals surface area (Å²) in [5, 5.41) is 10.3. The monoisotopic (exact) mass is 134 g/mol. The Balaban J connectivity index is 0. The number of rotatable bonds is 1. The Kier molecular flexibility index (Phi) is 8.69. The first-order valence-electron chi connectivity index (χ1n) is 2.82. The zero-order valence-corrected chi connectivity index (χ0v) is 7.13. The van der Waals surface area contributed by atoms with Gasteiger partial charge in [-0.2, -0.15) is 30.7 Å². The van der Waals surface area contributed by atoms with Crippen molar-refractivity contribution >= 4 is 0 Å². The fraction of sp³-hybridized carbons (Fsp3) is 0.125. The average molecular weight is 134 g/mol. The SMILES string of the molecule is [CH2-]c1ccccc1C[O-].[Li+].[Li+]. The van der Waals surface area contributed by atoms with Crippen molar-refractivity contribution in [2.45, 2.75) is 6.61 Å². The minimum Gasteiger partial charge on any atom is -0.860 e. The van der Waals surface area contributed by atoms with Gasteiger partial charge in [0.1, 0.15) is 0 Å². The van der Waals surface area contributed by atoms with E-state index in [9.17, 15) is 5.11 Å². The Morgan fingerprint density at radius 1 is 1.18 bits per heavy atom. The van der Waals surface area contributed by atoms with Crippen molar-refractivity contribution in [1.82, 2.24) is 0 Å². The minimum absolute atomic E-state index is 0. The van der Waals surface area contributed by atoms with Crippen LogP contribution in [0.5, 0.6) is 0 Å². The maximum Gasteiger partial charge on any atom is 1.00 e. The van der Waals surface area contributed by atoms with Crippen LogP contribution in [0.1, 0.15) is 11.1 Å². The van der Waals surface area contributed by atoms with Gasteiger partial charge in [-0.25, -0.2) is 0 Å². The Bertz CT molecular complexity index is 201. The molecule has 0 spiro atoms. The van der Waals surface area contributed by atoms with Crippen LogP contribution >= 0.6 is 0 Å². The third-order valence-electron chi connectivity index (χ3n) is 1.27. The van der Waals surface area contributed by atoms with Crippen molar-refractivity contribution < 1.29 is 42.8 Å². The van der Waals surface area contributed by atoms with E-state index in [2.05, 4.69) is 6.92 Å². The second-order valence-electron chi connectivity index (χ2n) is 1.91. The summed E-state index contributed by atoms with van der Waals surface area (Å²) < 4.78 is 0. The molecule has 1 aromatic carbocycles. The molecule has 11 heavy (non-hydrogen) atoms. The fourth-order valence-electron chi connectivity index (χ4n) is 0.698. The Labute approximate surface area is 91.6 Å². The molecule has 0 aliphatic rings. The molecule has 1 rings (SSSR count). The molecule has 0 aliphatic carbocycles. The summed E-state index contributed by atoms with van der Waals surface area (Å²) in [6, 6.07) is 7.37. The molecule has 0 N–H and O–H groups in total. The molecule has 0 heterocycles. The maximum atomic E-state index is 10.3. The van der Waals surface area contributed by atoms with Crippen molar-refractivity contribution in [2.24, 2.45) is 0 Å². The summed E-state index contributed by atoms with van der Waals surface area (Å²) in [6.07, 6.45) is 0. The molecule has 0 aliphatic heterocycles. The Morgan fingerprint density at radius 3 is 2.09 bits per heavy atom. The predicted octanol–water partition coefficient (Wildman–Crippen LogP) is -5.26. The van der Waals surface area contributed by atoms with Crippen LogP contribution < -0.4 is 42.8 Å². The largest absolute Gasteiger partial charge is 1.00 e. The average Bonchev–Trinajstić information content (AvgIpc) is 1.89. The molecular formula is C8H8Li2O. The smallest absolute Gasteiger partial charge is 0.860 e. The summed E-state index contributed by atoms with van der Waals surface area (Å²) in [5.74, 6) is 0. The first-order valence-corrected chi connectivity index (χ1v) is 2.82. The van der Waals surface area contributed by atoms with E-state index in [0.29, 0.717) is 0 Å². The van der Waals surface area contributed by atoms with Crippen molar-refractivity contribution in [2.75, 3.05) is 0 Å². The first kappa shape index (κ1) is 13.8. The molecule has 1 nitrogen and oxygen atoms in total. The van der Waals surface area contributed by atoms with E-state index in [1.165, 1.54) is 0 Å². The van der Waals surface area contributed by atoms with Crippen LogP contribution in [-0.2, 0) is 6.61 Å². The predicted molar refractivity (Wildman–Crippen MR) is 34.6 cm³/mol. The molecule has 0 fully saturated rings. The summed E-state index contributed by atoms with van der Waals surface area (Å²) in [5.41, 5.74) is 1.63. The standard InChI is InChI=1S/C8H8O.2Li/c1-7-4-2-3-5-8(7)6-9;;/h2-5H,1,6H2;;/q-2;2*+1. The third-order valence-corrected chi connectivity index (χ3v) is 1.27. The molecule has 0 atom stereocenters. The van der Waals surface area contributed by atoms with E-state index in [1.54, 1.807) is 6.07 Å². The summed E-state index contributed by atoms with van der Waals surface area (Å²) in [6.45, 7) is 3.52. The van der Waals surface area contributed by atoms with Crippen LogP contribution in [0, 0.1) is 6.92 Å². The molecule has 0 saturated heterocycles. The molecule has 3 heteroatoms. The van der Waals surface area contributed by atoms with Crippen LogP contribution in [-0.4, -0.2) is 0 Å². The molecule has 0 bridgehead atoms. The Hall–Kier alpha value is 0.245. The van der Waals surface area contributed by atoms with Crippen LogP contribution in [0.25, 0.3) is 0 Å². The van der Waals surface area contributed by atoms with Crippen LogP contribution in [0.3, 0.4) is 0 Å². The van der Waals surface area contributed by atoms with E-state index in [4.69, 9.17) is 0 Å². The van der Waals surface area contributed by atoms with Gasteiger partial charge in [-0.05, 0) is 0 Å². The van der Waals surface area contributed by atoms with E-state index in [1.807, 2.05) is 18.2 Å². The normalized spacial score (nSPS) is 7.73. The summed E-state index contributed by atoms with van der Waals surface area (Å²) >= 11 is 0. The van der Waals surface area contributed by atoms with Gasteiger partial charge < -0.3 is 5.11 Å². The second-order valence-corrected chi connectivity index (χ2v) is 1.91. The van der Waals surface area contributed by atoms with Crippen molar-refractivity contribution in [3.63, 3.8) is 0 Å². The number of hydrogen-bond donors (Lipinski definition) is 0. The van der Waals surface area contributed by atoms with Gasteiger partial charge in [-0.15, -0.1) is 12.1 Å². The molecule has 0 saturated carbocycles. The molecule has 0 radical (unpaired) electrons. The summed E-state index contributed by atoms with van der Waals surface area (Å²) in [7, 11) is 0. The zero-order chi connectivity index (χ0) is 6.69. The van der Waals surface area contributed by atoms with E-state index >= 15 is 0 Å². The van der Waals surface area contributed by atoms with Gasteiger partial charge in [0.15, 0.2) is 0 Å². The molecule has 1 aromatic rings. The number of hydrogen-bond acceptors (Lipinski definition) is 1. The van der Waals surface area contributed by atoms with Gasteiger partial charge >= 0.3 is 37.7 Å². The van der Waals surface area contributed by atoms with Gasteiger partial charge in [0.25, 0.3) is 0 Å². The fourth-order valence-corrected chi connectivity index (χ4v) is 0.698. The minimum atomic E-state index is -0.167. The van der Waals surface area contributed by atoms with Gasteiger partial charge in [-0.1, -0.05) is 6.07 Å². The molecule has 0 amide bonds. The molecule has 48 valence electrons. The zero-order valence-electron chi connectivity index (χ0n) is 7.13. The topological polar surface area (TPSA) is 23.1 Å². The van der Waals surface area contributed by atoms with Gasteiger partial charge in [0.2, 0.25) is 0 Å². The van der Waals surface area contributed by atoms with E-state index in [0.717, 1.165) is 11.1 Å². The number of benzene rings is 1. The first-order chi connectivity index (χ1) is 4.34. The van der Waals surface area contributed by atoms with E-state index < -0.39 is 0 Å². The Morgan fingerprint density at radius 2 is 1.73 bits per heavy atom. The van der Waals surface area contributed by atoms with Gasteiger partial charge in [0, 0.05) is 0 Å². The quantitative estimate of drug-likeness (QED) is 0.278. The van der Waals surface area contributed by atoms with Crippen LogP contribution in [0.2, 0.25) is 0 Å². The van der Waals surface area contributed by atoms with Crippen LogP contribution in [0.15, 0.2) is 24.3 Å². The van der Waals surface area contributed by atoms with Crippen molar-refractivity contribution in [3.05, 3.63) is 42.3 Å².